The van der Waals surface area contributed by atoms with E-state index < -0.39 is 5.91 Å². The van der Waals surface area contributed by atoms with Crippen LogP contribution in [0.3, 0.4) is 0 Å². The van der Waals surface area contributed by atoms with Gasteiger partial charge in [0.2, 0.25) is 5.95 Å². The first-order valence-corrected chi connectivity index (χ1v) is 11.7. The lowest BCUT2D eigenvalue weighted by Gasteiger charge is -2.32. The number of nitrogens with two attached hydrogens (primary N) is 1. The van der Waals surface area contributed by atoms with E-state index in [4.69, 9.17) is 10.5 Å². The molecule has 2 fully saturated rings. The first-order valence-electron chi connectivity index (χ1n) is 11.7. The molecule has 11 nitrogen and oxygen atoms in total. The molecule has 2 aliphatic heterocycles. The van der Waals surface area contributed by atoms with E-state index in [9.17, 15) is 9.59 Å². The van der Waals surface area contributed by atoms with Crippen LogP contribution >= 0.6 is 0 Å². The van der Waals surface area contributed by atoms with Crippen LogP contribution in [0.5, 0.6) is 0 Å². The van der Waals surface area contributed by atoms with E-state index in [0.29, 0.717) is 56.6 Å². The number of aromatic nitrogens is 3. The molecule has 4 N–H and O–H groups in total. The fraction of sp³-hybridized carbons (Fsp3) is 0.458. The molecule has 0 aliphatic carbocycles. The summed E-state index contributed by atoms with van der Waals surface area (Å²) < 4.78 is 5.31. The van der Waals surface area contributed by atoms with E-state index in [1.165, 1.54) is 0 Å². The number of carbonyl (C=O) groups is 2. The highest BCUT2D eigenvalue weighted by molar-refractivity contribution is 5.97. The monoisotopic (exact) mass is 478 g/mol. The van der Waals surface area contributed by atoms with Crippen molar-refractivity contribution in [2.45, 2.75) is 25.8 Å². The van der Waals surface area contributed by atoms with Crippen molar-refractivity contribution in [1.82, 2.24) is 25.4 Å². The molecule has 0 bridgehead atoms. The SMILES string of the molecule is CC#CCNC1CCCN(c2nnc(C(N)=O)c(Nc3ccc(C(=O)N4CCOCC4)cc3)n2)C1. The van der Waals surface area contributed by atoms with Crippen molar-refractivity contribution >= 4 is 29.3 Å². The third kappa shape index (κ3) is 6.23. The van der Waals surface area contributed by atoms with Crippen LogP contribution in [-0.2, 0) is 4.74 Å². The van der Waals surface area contributed by atoms with Crippen LogP contribution in [0.25, 0.3) is 0 Å². The third-order valence-electron chi connectivity index (χ3n) is 5.96. The molecular weight excluding hydrogens is 448 g/mol. The van der Waals surface area contributed by atoms with Gasteiger partial charge < -0.3 is 30.9 Å². The molecular formula is C24H30N8O3. The minimum absolute atomic E-state index is 0.0400. The number of hydrogen-bond acceptors (Lipinski definition) is 9. The molecule has 3 heterocycles. The predicted octanol–water partition coefficient (Wildman–Crippen LogP) is 0.768. The van der Waals surface area contributed by atoms with Gasteiger partial charge in [-0.05, 0) is 44.0 Å². The molecule has 2 aliphatic rings. The number of nitrogens with zero attached hydrogens (tertiary/aromatic N) is 5. The summed E-state index contributed by atoms with van der Waals surface area (Å²) >= 11 is 0. The highest BCUT2D eigenvalue weighted by Gasteiger charge is 2.24. The molecule has 2 amide bonds. The number of rotatable bonds is 7. The Morgan fingerprint density at radius 1 is 1.17 bits per heavy atom. The van der Waals surface area contributed by atoms with Gasteiger partial charge in [-0.3, -0.25) is 9.59 Å². The highest BCUT2D eigenvalue weighted by atomic mass is 16.5. The van der Waals surface area contributed by atoms with Crippen molar-refractivity contribution < 1.29 is 14.3 Å². The third-order valence-corrected chi connectivity index (χ3v) is 5.96. The molecule has 35 heavy (non-hydrogen) atoms. The van der Waals surface area contributed by atoms with Gasteiger partial charge in [0.25, 0.3) is 11.8 Å². The number of anilines is 3. The van der Waals surface area contributed by atoms with E-state index in [0.717, 1.165) is 19.4 Å². The van der Waals surface area contributed by atoms with Crippen molar-refractivity contribution in [2.24, 2.45) is 5.73 Å². The molecule has 1 atom stereocenters. The Bertz CT molecular complexity index is 1110. The number of benzene rings is 1. The molecule has 11 heteroatoms. The number of amides is 2. The van der Waals surface area contributed by atoms with E-state index >= 15 is 0 Å². The summed E-state index contributed by atoms with van der Waals surface area (Å²) in [6, 6.07) is 7.25. The van der Waals surface area contributed by atoms with Gasteiger partial charge in [0.15, 0.2) is 11.5 Å². The Balaban J connectivity index is 1.48. The lowest BCUT2D eigenvalue weighted by atomic mass is 10.1. The summed E-state index contributed by atoms with van der Waals surface area (Å²) in [6.07, 6.45) is 2.01. The maximum absolute atomic E-state index is 12.7. The molecule has 4 rings (SSSR count). The number of hydrogen-bond donors (Lipinski definition) is 3. The zero-order valence-corrected chi connectivity index (χ0v) is 19.8. The molecule has 0 saturated carbocycles. The quantitative estimate of drug-likeness (QED) is 0.493. The lowest BCUT2D eigenvalue weighted by Crippen LogP contribution is -2.46. The summed E-state index contributed by atoms with van der Waals surface area (Å²) in [4.78, 5) is 33.0. The average molecular weight is 479 g/mol. The number of primary amides is 1. The summed E-state index contributed by atoms with van der Waals surface area (Å²) in [5.41, 5.74) is 6.69. The Labute approximate surface area is 204 Å². The summed E-state index contributed by atoms with van der Waals surface area (Å²) in [6.45, 7) is 6.19. The second-order valence-electron chi connectivity index (χ2n) is 8.37. The number of nitrogens with one attached hydrogen (secondary N) is 2. The smallest absolute Gasteiger partial charge is 0.273 e. The maximum atomic E-state index is 12.7. The Morgan fingerprint density at radius 2 is 1.94 bits per heavy atom. The largest absolute Gasteiger partial charge is 0.378 e. The zero-order valence-electron chi connectivity index (χ0n) is 19.8. The van der Waals surface area contributed by atoms with Crippen molar-refractivity contribution in [1.29, 1.82) is 0 Å². The van der Waals surface area contributed by atoms with Crippen LogP contribution in [0.4, 0.5) is 17.5 Å². The van der Waals surface area contributed by atoms with E-state index in [-0.39, 0.29) is 23.5 Å². The number of ether oxygens (including phenoxy) is 1. The van der Waals surface area contributed by atoms with Crippen molar-refractivity contribution in [2.75, 3.05) is 56.2 Å². The van der Waals surface area contributed by atoms with Gasteiger partial charge in [-0.25, -0.2) is 0 Å². The minimum atomic E-state index is -0.727. The number of morpholine rings is 1. The standard InChI is InChI=1S/C24H30N8O3/c1-2-3-10-26-19-5-4-11-32(16-19)24-28-22(20(21(25)33)29-30-24)27-18-8-6-17(7-9-18)23(34)31-12-14-35-15-13-31/h6-9,19,26H,4-5,10-16H2,1H3,(H2,25,33)(H,27,28,30). The molecule has 2 saturated heterocycles. The van der Waals surface area contributed by atoms with Gasteiger partial charge in [-0.2, -0.15) is 4.98 Å². The minimum Gasteiger partial charge on any atom is -0.378 e. The molecule has 184 valence electrons. The van der Waals surface area contributed by atoms with E-state index in [2.05, 4.69) is 37.7 Å². The second kappa shape index (κ2) is 11.6. The highest BCUT2D eigenvalue weighted by Crippen LogP contribution is 2.22. The van der Waals surface area contributed by atoms with Crippen molar-refractivity contribution in [3.63, 3.8) is 0 Å². The van der Waals surface area contributed by atoms with Crippen molar-refractivity contribution in [3.05, 3.63) is 35.5 Å². The Kier molecular flexibility index (Phi) is 8.07. The van der Waals surface area contributed by atoms with Gasteiger partial charge in [0, 0.05) is 43.5 Å². The molecule has 0 spiro atoms. The molecule has 1 unspecified atom stereocenters. The average Bonchev–Trinajstić information content (AvgIpc) is 2.89. The normalized spacial score (nSPS) is 17.9. The fourth-order valence-corrected chi connectivity index (χ4v) is 4.10. The Hall–Kier alpha value is -3.75. The maximum Gasteiger partial charge on any atom is 0.273 e. The van der Waals surface area contributed by atoms with Gasteiger partial charge in [0.1, 0.15) is 0 Å². The van der Waals surface area contributed by atoms with Gasteiger partial charge in [-0.1, -0.05) is 5.92 Å². The van der Waals surface area contributed by atoms with Crippen LogP contribution in [0.1, 0.15) is 40.6 Å². The van der Waals surface area contributed by atoms with Crippen LogP contribution in [0, 0.1) is 11.8 Å². The van der Waals surface area contributed by atoms with Crippen LogP contribution in [0.2, 0.25) is 0 Å². The topological polar surface area (TPSA) is 139 Å². The van der Waals surface area contributed by atoms with Crippen LogP contribution in [0.15, 0.2) is 24.3 Å². The lowest BCUT2D eigenvalue weighted by molar-refractivity contribution is 0.0303. The van der Waals surface area contributed by atoms with Gasteiger partial charge in [0.05, 0.1) is 19.8 Å². The first-order chi connectivity index (χ1) is 17.0. The van der Waals surface area contributed by atoms with E-state index in [1.807, 2.05) is 11.8 Å². The fourth-order valence-electron chi connectivity index (χ4n) is 4.10. The predicted molar refractivity (Wildman–Crippen MR) is 131 cm³/mol. The molecule has 0 radical (unpaired) electrons. The summed E-state index contributed by atoms with van der Waals surface area (Å²) in [7, 11) is 0. The zero-order chi connectivity index (χ0) is 24.6. The number of carbonyl (C=O) groups excluding carboxylic acids is 2. The Morgan fingerprint density at radius 3 is 2.66 bits per heavy atom. The van der Waals surface area contributed by atoms with Crippen LogP contribution < -0.4 is 21.3 Å². The number of piperidine rings is 1. The van der Waals surface area contributed by atoms with Gasteiger partial charge in [-0.15, -0.1) is 16.1 Å². The van der Waals surface area contributed by atoms with Crippen LogP contribution in [-0.4, -0.2) is 83.9 Å². The summed E-state index contributed by atoms with van der Waals surface area (Å²) in [5.74, 6) is 5.78. The summed E-state index contributed by atoms with van der Waals surface area (Å²) in [5, 5.41) is 14.7. The first kappa shape index (κ1) is 24.4. The molecule has 1 aromatic heterocycles. The van der Waals surface area contributed by atoms with Crippen molar-refractivity contribution in [3.8, 4) is 11.8 Å². The molecule has 1 aromatic carbocycles. The molecule has 2 aromatic rings. The van der Waals surface area contributed by atoms with Gasteiger partial charge >= 0.3 is 0 Å². The second-order valence-corrected chi connectivity index (χ2v) is 8.37. The van der Waals surface area contributed by atoms with E-state index in [1.54, 1.807) is 29.2 Å².